The van der Waals surface area contributed by atoms with Crippen LogP contribution in [-0.4, -0.2) is 56.5 Å². The minimum Gasteiger partial charge on any atom is -0.478 e. The molecule has 0 bridgehead atoms. The summed E-state index contributed by atoms with van der Waals surface area (Å²) >= 11 is 1.46. The minimum absolute atomic E-state index is 0.395. The normalized spacial score (nSPS) is 10.7. The molecule has 5 heteroatoms. The average molecular weight is 268 g/mol. The van der Waals surface area contributed by atoms with Crippen molar-refractivity contribution in [1.29, 1.82) is 0 Å². The molecule has 0 aliphatic carbocycles. The van der Waals surface area contributed by atoms with Crippen LogP contribution in [0.1, 0.15) is 10.4 Å². The van der Waals surface area contributed by atoms with Crippen LogP contribution in [0, 0.1) is 0 Å². The Bertz CT molecular complexity index is 421. The molecule has 0 saturated heterocycles. The van der Waals surface area contributed by atoms with E-state index >= 15 is 0 Å². The van der Waals surface area contributed by atoms with E-state index in [1.807, 2.05) is 50.5 Å². The summed E-state index contributed by atoms with van der Waals surface area (Å²) in [4.78, 5) is 16.3. The lowest BCUT2D eigenvalue weighted by molar-refractivity contribution is 0.0694. The van der Waals surface area contributed by atoms with Crippen molar-refractivity contribution in [3.05, 3.63) is 23.8 Å². The monoisotopic (exact) mass is 268 g/mol. The van der Waals surface area contributed by atoms with E-state index in [0.29, 0.717) is 5.56 Å². The Hall–Kier alpha value is -1.20. The number of hydrogen-bond acceptors (Lipinski definition) is 4. The predicted octanol–water partition coefficient (Wildman–Crippen LogP) is 2.10. The third kappa shape index (κ3) is 3.65. The summed E-state index contributed by atoms with van der Waals surface area (Å²) in [6.45, 7) is 1.68. The van der Waals surface area contributed by atoms with Crippen molar-refractivity contribution in [2.75, 3.05) is 45.4 Å². The number of thioether (sulfide) groups is 1. The summed E-state index contributed by atoms with van der Waals surface area (Å²) in [6, 6.07) is 5.61. The fraction of sp³-hybridized carbons (Fsp3) is 0.462. The van der Waals surface area contributed by atoms with Crippen LogP contribution in [0.3, 0.4) is 0 Å². The van der Waals surface area contributed by atoms with Crippen LogP contribution in [0.15, 0.2) is 23.1 Å². The Balaban J connectivity index is 3.03. The molecule has 18 heavy (non-hydrogen) atoms. The van der Waals surface area contributed by atoms with Gasteiger partial charge in [-0.1, -0.05) is 6.07 Å². The van der Waals surface area contributed by atoms with Crippen LogP contribution >= 0.6 is 11.8 Å². The molecule has 0 fully saturated rings. The number of nitrogens with zero attached hydrogens (tertiary/aromatic N) is 2. The Morgan fingerprint density at radius 3 is 2.44 bits per heavy atom. The van der Waals surface area contributed by atoms with Gasteiger partial charge >= 0.3 is 5.97 Å². The van der Waals surface area contributed by atoms with E-state index in [0.717, 1.165) is 23.7 Å². The number of carboxylic acids is 1. The number of likely N-dealkylation sites (N-methyl/N-ethyl adjacent to an activating group) is 2. The second kappa shape index (κ2) is 6.66. The van der Waals surface area contributed by atoms with Gasteiger partial charge in [0.05, 0.1) is 11.3 Å². The third-order valence-electron chi connectivity index (χ3n) is 2.73. The number of aromatic carboxylic acids is 1. The van der Waals surface area contributed by atoms with Gasteiger partial charge in [-0.2, -0.15) is 0 Å². The molecule has 1 aromatic carbocycles. The summed E-state index contributed by atoms with van der Waals surface area (Å²) < 4.78 is 0. The van der Waals surface area contributed by atoms with E-state index in [1.165, 1.54) is 11.8 Å². The number of carboxylic acid groups (broad SMARTS) is 1. The molecule has 0 atom stereocenters. The molecule has 0 amide bonds. The van der Waals surface area contributed by atoms with Crippen molar-refractivity contribution in [2.24, 2.45) is 0 Å². The molecule has 100 valence electrons. The molecule has 4 nitrogen and oxygen atoms in total. The highest BCUT2D eigenvalue weighted by Crippen LogP contribution is 2.29. The van der Waals surface area contributed by atoms with Crippen molar-refractivity contribution in [1.82, 2.24) is 4.90 Å². The van der Waals surface area contributed by atoms with E-state index in [-0.39, 0.29) is 0 Å². The van der Waals surface area contributed by atoms with Gasteiger partial charge in [0.25, 0.3) is 0 Å². The van der Waals surface area contributed by atoms with E-state index in [1.54, 1.807) is 0 Å². The molecule has 0 aliphatic rings. The molecule has 0 radical (unpaired) electrons. The Morgan fingerprint density at radius 2 is 1.94 bits per heavy atom. The maximum Gasteiger partial charge on any atom is 0.338 e. The second-order valence-corrected chi connectivity index (χ2v) is 5.23. The molecular weight excluding hydrogens is 248 g/mol. The largest absolute Gasteiger partial charge is 0.478 e. The van der Waals surface area contributed by atoms with E-state index in [4.69, 9.17) is 0 Å². The summed E-state index contributed by atoms with van der Waals surface area (Å²) in [6.07, 6.45) is 1.89. The third-order valence-corrected chi connectivity index (χ3v) is 3.51. The van der Waals surface area contributed by atoms with Gasteiger partial charge < -0.3 is 14.9 Å². The summed E-state index contributed by atoms with van der Waals surface area (Å²) in [5.74, 6) is -0.869. The number of hydrogen-bond donors (Lipinski definition) is 1. The molecule has 0 saturated carbocycles. The van der Waals surface area contributed by atoms with E-state index < -0.39 is 5.97 Å². The van der Waals surface area contributed by atoms with Gasteiger partial charge in [0.15, 0.2) is 0 Å². The van der Waals surface area contributed by atoms with Gasteiger partial charge in [-0.3, -0.25) is 0 Å². The number of anilines is 1. The first-order chi connectivity index (χ1) is 8.47. The van der Waals surface area contributed by atoms with Crippen LogP contribution in [0.2, 0.25) is 0 Å². The number of rotatable bonds is 6. The zero-order valence-corrected chi connectivity index (χ0v) is 12.1. The zero-order valence-electron chi connectivity index (χ0n) is 11.3. The first kappa shape index (κ1) is 14.9. The molecule has 0 aromatic heterocycles. The summed E-state index contributed by atoms with van der Waals surface area (Å²) in [7, 11) is 5.93. The van der Waals surface area contributed by atoms with Gasteiger partial charge in [0, 0.05) is 25.0 Å². The zero-order chi connectivity index (χ0) is 13.7. The average Bonchev–Trinajstić information content (AvgIpc) is 2.34. The fourth-order valence-corrected chi connectivity index (χ4v) is 2.30. The van der Waals surface area contributed by atoms with Crippen molar-refractivity contribution >= 4 is 23.4 Å². The summed E-state index contributed by atoms with van der Waals surface area (Å²) in [5, 5.41) is 9.35. The van der Waals surface area contributed by atoms with Gasteiger partial charge in [-0.15, -0.1) is 11.8 Å². The highest BCUT2D eigenvalue weighted by atomic mass is 32.2. The smallest absolute Gasteiger partial charge is 0.338 e. The highest BCUT2D eigenvalue weighted by Gasteiger charge is 2.17. The van der Waals surface area contributed by atoms with Crippen molar-refractivity contribution in [3.63, 3.8) is 0 Å². The van der Waals surface area contributed by atoms with Crippen LogP contribution in [-0.2, 0) is 0 Å². The lowest BCUT2D eigenvalue weighted by atomic mass is 10.1. The lowest BCUT2D eigenvalue weighted by Gasteiger charge is -2.24. The topological polar surface area (TPSA) is 43.8 Å². The first-order valence-electron chi connectivity index (χ1n) is 5.73. The molecule has 0 aliphatic heterocycles. The molecule has 1 rings (SSSR count). The van der Waals surface area contributed by atoms with Gasteiger partial charge in [-0.25, -0.2) is 4.79 Å². The lowest BCUT2D eigenvalue weighted by Crippen LogP contribution is -2.29. The minimum atomic E-state index is -0.869. The molecule has 1 aromatic rings. The second-order valence-electron chi connectivity index (χ2n) is 4.38. The van der Waals surface area contributed by atoms with Crippen molar-refractivity contribution in [2.45, 2.75) is 4.90 Å². The number of carbonyl (C=O) groups is 1. The Kier molecular flexibility index (Phi) is 5.50. The predicted molar refractivity (Wildman–Crippen MR) is 77.0 cm³/mol. The number of benzene rings is 1. The van der Waals surface area contributed by atoms with Crippen LogP contribution < -0.4 is 4.90 Å². The van der Waals surface area contributed by atoms with Crippen LogP contribution in [0.4, 0.5) is 5.69 Å². The van der Waals surface area contributed by atoms with Crippen LogP contribution in [0.25, 0.3) is 0 Å². The Morgan fingerprint density at radius 1 is 1.28 bits per heavy atom. The molecule has 1 N–H and O–H groups in total. The van der Waals surface area contributed by atoms with Crippen molar-refractivity contribution in [3.8, 4) is 0 Å². The highest BCUT2D eigenvalue weighted by molar-refractivity contribution is 7.98. The molecule has 0 heterocycles. The SMILES string of the molecule is CSc1cccc(N(C)CCN(C)C)c1C(=O)O. The molecule has 0 spiro atoms. The summed E-state index contributed by atoms with van der Waals surface area (Å²) in [5.41, 5.74) is 1.17. The van der Waals surface area contributed by atoms with Gasteiger partial charge in [0.1, 0.15) is 0 Å². The molecular formula is C13H20N2O2S. The Labute approximate surface area is 113 Å². The molecule has 0 unspecified atom stereocenters. The van der Waals surface area contributed by atoms with Crippen molar-refractivity contribution < 1.29 is 9.90 Å². The maximum absolute atomic E-state index is 11.4. The van der Waals surface area contributed by atoms with E-state index in [9.17, 15) is 9.90 Å². The standard InChI is InChI=1S/C13H20N2O2S/c1-14(2)8-9-15(3)10-6-5-7-11(18-4)12(10)13(16)17/h5-7H,8-9H2,1-4H3,(H,16,17). The maximum atomic E-state index is 11.4. The first-order valence-corrected chi connectivity index (χ1v) is 6.96. The van der Waals surface area contributed by atoms with Gasteiger partial charge in [0.2, 0.25) is 0 Å². The van der Waals surface area contributed by atoms with E-state index in [2.05, 4.69) is 4.90 Å². The van der Waals surface area contributed by atoms with Crippen LogP contribution in [0.5, 0.6) is 0 Å². The van der Waals surface area contributed by atoms with Gasteiger partial charge in [-0.05, 0) is 32.5 Å². The fourth-order valence-electron chi connectivity index (χ4n) is 1.69. The quantitative estimate of drug-likeness (QED) is 0.800.